The number of halogens is 2. The van der Waals surface area contributed by atoms with Crippen LogP contribution in [0.1, 0.15) is 19.4 Å². The van der Waals surface area contributed by atoms with E-state index in [-0.39, 0.29) is 0 Å². The van der Waals surface area contributed by atoms with Crippen LogP contribution in [0.15, 0.2) is 23.1 Å². The van der Waals surface area contributed by atoms with Crippen molar-refractivity contribution in [1.82, 2.24) is 0 Å². The number of thioether (sulfide) groups is 1. The Hall–Kier alpha value is 0.340. The van der Waals surface area contributed by atoms with Gasteiger partial charge in [0.2, 0.25) is 0 Å². The van der Waals surface area contributed by atoms with Crippen molar-refractivity contribution in [2.75, 3.05) is 0 Å². The van der Waals surface area contributed by atoms with Gasteiger partial charge in [-0.15, -0.1) is 11.8 Å². The van der Waals surface area contributed by atoms with E-state index >= 15 is 0 Å². The second-order valence-corrected chi connectivity index (χ2v) is 5.60. The standard InChI is InChI=1S/C10H12BrClS/c1-7(2)13-10-5-3-4-9(12)8(10)6-11/h3-5,7H,6H2,1-2H3. The molecule has 1 aromatic rings. The van der Waals surface area contributed by atoms with Crippen LogP contribution < -0.4 is 0 Å². The normalized spacial score (nSPS) is 10.8. The fraction of sp³-hybridized carbons (Fsp3) is 0.400. The van der Waals surface area contributed by atoms with Crippen LogP contribution in [0.25, 0.3) is 0 Å². The summed E-state index contributed by atoms with van der Waals surface area (Å²) < 4.78 is 0. The lowest BCUT2D eigenvalue weighted by molar-refractivity contribution is 1.10. The molecule has 0 amide bonds. The van der Waals surface area contributed by atoms with Gasteiger partial charge in [0.15, 0.2) is 0 Å². The minimum atomic E-state index is 0.594. The molecule has 0 saturated heterocycles. The van der Waals surface area contributed by atoms with Crippen LogP contribution in [-0.4, -0.2) is 5.25 Å². The smallest absolute Gasteiger partial charge is 0.0457 e. The zero-order valence-corrected chi connectivity index (χ0v) is 10.8. The third-order valence-corrected chi connectivity index (χ3v) is 3.59. The summed E-state index contributed by atoms with van der Waals surface area (Å²) in [6, 6.07) is 6.05. The molecule has 0 atom stereocenters. The molecule has 0 unspecified atom stereocenters. The Morgan fingerprint density at radius 3 is 2.69 bits per heavy atom. The fourth-order valence-electron chi connectivity index (χ4n) is 1.03. The first-order chi connectivity index (χ1) is 6.15. The van der Waals surface area contributed by atoms with Crippen LogP contribution >= 0.6 is 39.3 Å². The third-order valence-electron chi connectivity index (χ3n) is 1.57. The van der Waals surface area contributed by atoms with E-state index in [2.05, 4.69) is 35.8 Å². The Labute approximate surface area is 97.2 Å². The molecule has 0 aromatic heterocycles. The van der Waals surface area contributed by atoms with Gasteiger partial charge in [0.25, 0.3) is 0 Å². The van der Waals surface area contributed by atoms with Crippen molar-refractivity contribution in [3.05, 3.63) is 28.8 Å². The maximum Gasteiger partial charge on any atom is 0.0457 e. The lowest BCUT2D eigenvalue weighted by atomic mass is 10.2. The molecule has 0 N–H and O–H groups in total. The van der Waals surface area contributed by atoms with Crippen molar-refractivity contribution in [2.45, 2.75) is 29.3 Å². The molecule has 3 heteroatoms. The highest BCUT2D eigenvalue weighted by Crippen LogP contribution is 2.32. The van der Waals surface area contributed by atoms with Gasteiger partial charge in [-0.2, -0.15) is 0 Å². The highest BCUT2D eigenvalue weighted by molar-refractivity contribution is 9.08. The molecule has 0 aliphatic carbocycles. The van der Waals surface area contributed by atoms with Gasteiger partial charge in [-0.05, 0) is 17.7 Å². The van der Waals surface area contributed by atoms with Crippen LogP contribution in [0, 0.1) is 0 Å². The molecular formula is C10H12BrClS. The zero-order valence-electron chi connectivity index (χ0n) is 7.68. The molecule has 1 rings (SSSR count). The topological polar surface area (TPSA) is 0 Å². The van der Waals surface area contributed by atoms with E-state index in [4.69, 9.17) is 11.6 Å². The molecule has 0 fully saturated rings. The summed E-state index contributed by atoms with van der Waals surface area (Å²) in [5.74, 6) is 0. The Kier molecular flexibility index (Phi) is 4.63. The minimum Gasteiger partial charge on any atom is -0.123 e. The molecule has 0 heterocycles. The van der Waals surface area contributed by atoms with Crippen LogP contribution in [0.3, 0.4) is 0 Å². The summed E-state index contributed by atoms with van der Waals surface area (Å²) in [7, 11) is 0. The van der Waals surface area contributed by atoms with E-state index in [0.717, 1.165) is 10.4 Å². The molecule has 72 valence electrons. The summed E-state index contributed by atoms with van der Waals surface area (Å²) in [6.45, 7) is 4.37. The van der Waals surface area contributed by atoms with Crippen molar-refractivity contribution >= 4 is 39.3 Å². The maximum absolute atomic E-state index is 6.07. The van der Waals surface area contributed by atoms with Crippen LogP contribution in [0.2, 0.25) is 5.02 Å². The Morgan fingerprint density at radius 1 is 1.46 bits per heavy atom. The van der Waals surface area contributed by atoms with Crippen LogP contribution in [0.4, 0.5) is 0 Å². The largest absolute Gasteiger partial charge is 0.123 e. The predicted octanol–water partition coefficient (Wildman–Crippen LogP) is 4.74. The second-order valence-electron chi connectivity index (χ2n) is 3.02. The van der Waals surface area contributed by atoms with E-state index in [1.165, 1.54) is 10.5 Å². The molecule has 0 aliphatic heterocycles. The quantitative estimate of drug-likeness (QED) is 0.569. The lowest BCUT2D eigenvalue weighted by Gasteiger charge is -2.10. The molecule has 0 bridgehead atoms. The maximum atomic E-state index is 6.07. The number of rotatable bonds is 3. The molecule has 1 aromatic carbocycles. The van der Waals surface area contributed by atoms with Crippen LogP contribution in [0.5, 0.6) is 0 Å². The molecule has 0 radical (unpaired) electrons. The summed E-state index contributed by atoms with van der Waals surface area (Å²) in [5, 5.41) is 2.26. The molecule has 0 saturated carbocycles. The number of hydrogen-bond donors (Lipinski definition) is 0. The first-order valence-corrected chi connectivity index (χ1v) is 6.53. The van der Waals surface area contributed by atoms with Gasteiger partial charge in [0, 0.05) is 20.5 Å². The number of benzene rings is 1. The predicted molar refractivity (Wildman–Crippen MR) is 65.1 cm³/mol. The van der Waals surface area contributed by atoms with E-state index in [1.807, 2.05) is 23.9 Å². The van der Waals surface area contributed by atoms with Crippen molar-refractivity contribution in [1.29, 1.82) is 0 Å². The van der Waals surface area contributed by atoms with E-state index in [0.29, 0.717) is 5.25 Å². The zero-order chi connectivity index (χ0) is 9.84. The molecule has 0 spiro atoms. The first-order valence-electron chi connectivity index (χ1n) is 4.15. The molecule has 0 nitrogen and oxygen atoms in total. The lowest BCUT2D eigenvalue weighted by Crippen LogP contribution is -1.90. The Morgan fingerprint density at radius 2 is 2.15 bits per heavy atom. The summed E-state index contributed by atoms with van der Waals surface area (Å²) in [5.41, 5.74) is 1.20. The monoisotopic (exact) mass is 278 g/mol. The molecule has 0 aliphatic rings. The van der Waals surface area contributed by atoms with Gasteiger partial charge < -0.3 is 0 Å². The summed E-state index contributed by atoms with van der Waals surface area (Å²) >= 11 is 11.4. The average Bonchev–Trinajstić information content (AvgIpc) is 2.03. The van der Waals surface area contributed by atoms with E-state index in [1.54, 1.807) is 0 Å². The first kappa shape index (κ1) is 11.4. The van der Waals surface area contributed by atoms with E-state index < -0.39 is 0 Å². The van der Waals surface area contributed by atoms with Gasteiger partial charge in [0.1, 0.15) is 0 Å². The van der Waals surface area contributed by atoms with E-state index in [9.17, 15) is 0 Å². The number of hydrogen-bond acceptors (Lipinski definition) is 1. The summed E-state index contributed by atoms with van der Waals surface area (Å²) in [4.78, 5) is 1.28. The fourth-order valence-corrected chi connectivity index (χ4v) is 3.27. The van der Waals surface area contributed by atoms with Gasteiger partial charge >= 0.3 is 0 Å². The average molecular weight is 280 g/mol. The second kappa shape index (κ2) is 5.28. The Bertz CT molecular complexity index is 286. The molecule has 13 heavy (non-hydrogen) atoms. The van der Waals surface area contributed by atoms with Crippen molar-refractivity contribution in [3.8, 4) is 0 Å². The van der Waals surface area contributed by atoms with Crippen LogP contribution in [-0.2, 0) is 5.33 Å². The van der Waals surface area contributed by atoms with Gasteiger partial charge in [-0.25, -0.2) is 0 Å². The van der Waals surface area contributed by atoms with Crippen molar-refractivity contribution in [3.63, 3.8) is 0 Å². The third kappa shape index (κ3) is 3.19. The van der Waals surface area contributed by atoms with Gasteiger partial charge in [0.05, 0.1) is 0 Å². The van der Waals surface area contributed by atoms with Gasteiger partial charge in [-0.1, -0.05) is 47.4 Å². The number of alkyl halides is 1. The molecular weight excluding hydrogens is 268 g/mol. The minimum absolute atomic E-state index is 0.594. The highest BCUT2D eigenvalue weighted by atomic mass is 79.9. The van der Waals surface area contributed by atoms with Crippen molar-refractivity contribution in [2.24, 2.45) is 0 Å². The van der Waals surface area contributed by atoms with Gasteiger partial charge in [-0.3, -0.25) is 0 Å². The highest BCUT2D eigenvalue weighted by Gasteiger charge is 2.07. The summed E-state index contributed by atoms with van der Waals surface area (Å²) in [6.07, 6.45) is 0. The SMILES string of the molecule is CC(C)Sc1cccc(Cl)c1CBr. The Balaban J connectivity index is 2.98. The van der Waals surface area contributed by atoms with Crippen molar-refractivity contribution < 1.29 is 0 Å².